The van der Waals surface area contributed by atoms with Crippen LogP contribution in [0.4, 0.5) is 5.13 Å². The maximum Gasteiger partial charge on any atom is 0.183 e. The summed E-state index contributed by atoms with van der Waals surface area (Å²) in [5.74, 6) is 0.595. The van der Waals surface area contributed by atoms with Crippen molar-refractivity contribution < 1.29 is 0 Å². The number of thiazole rings is 1. The zero-order chi connectivity index (χ0) is 13.1. The van der Waals surface area contributed by atoms with E-state index in [-0.39, 0.29) is 0 Å². The minimum atomic E-state index is 0.595. The number of aromatic nitrogens is 1. The van der Waals surface area contributed by atoms with Gasteiger partial charge < -0.3 is 5.32 Å². The van der Waals surface area contributed by atoms with Crippen molar-refractivity contribution in [1.29, 1.82) is 0 Å². The van der Waals surface area contributed by atoms with Crippen LogP contribution in [0.2, 0.25) is 10.0 Å². The van der Waals surface area contributed by atoms with Crippen LogP contribution >= 0.6 is 34.5 Å². The molecule has 2 rings (SSSR count). The van der Waals surface area contributed by atoms with Gasteiger partial charge in [0.25, 0.3) is 0 Å². The van der Waals surface area contributed by atoms with Crippen LogP contribution < -0.4 is 5.32 Å². The fraction of sp³-hybridized carbons (Fsp3) is 0.308. The molecule has 0 atom stereocenters. The lowest BCUT2D eigenvalue weighted by Crippen LogP contribution is -2.07. The van der Waals surface area contributed by atoms with Crippen molar-refractivity contribution in [2.24, 2.45) is 5.92 Å². The van der Waals surface area contributed by atoms with Gasteiger partial charge in [0.05, 0.1) is 4.88 Å². The average molecular weight is 301 g/mol. The van der Waals surface area contributed by atoms with Crippen LogP contribution in [0.15, 0.2) is 24.4 Å². The van der Waals surface area contributed by atoms with Gasteiger partial charge in [0.15, 0.2) is 5.13 Å². The molecule has 0 aliphatic carbocycles. The summed E-state index contributed by atoms with van der Waals surface area (Å²) in [5, 5.41) is 5.51. The van der Waals surface area contributed by atoms with Gasteiger partial charge in [-0.25, -0.2) is 4.98 Å². The highest BCUT2D eigenvalue weighted by molar-refractivity contribution is 7.18. The minimum Gasteiger partial charge on any atom is -0.361 e. The van der Waals surface area contributed by atoms with Crippen molar-refractivity contribution in [2.75, 3.05) is 11.9 Å². The average Bonchev–Trinajstić information content (AvgIpc) is 2.73. The quantitative estimate of drug-likeness (QED) is 0.841. The number of nitrogens with one attached hydrogen (secondary N) is 1. The molecule has 96 valence electrons. The fourth-order valence-electron chi connectivity index (χ4n) is 1.48. The molecule has 5 heteroatoms. The van der Waals surface area contributed by atoms with E-state index in [1.165, 1.54) is 0 Å². The van der Waals surface area contributed by atoms with Crippen LogP contribution in [0.5, 0.6) is 0 Å². The summed E-state index contributed by atoms with van der Waals surface area (Å²) in [6, 6.07) is 5.52. The van der Waals surface area contributed by atoms with Crippen molar-refractivity contribution in [1.82, 2.24) is 4.98 Å². The van der Waals surface area contributed by atoms with E-state index in [1.54, 1.807) is 17.4 Å². The van der Waals surface area contributed by atoms with Crippen LogP contribution in [-0.4, -0.2) is 11.5 Å². The first-order valence-electron chi connectivity index (χ1n) is 5.71. The lowest BCUT2D eigenvalue weighted by atomic mass is 10.2. The predicted molar refractivity (Wildman–Crippen MR) is 80.9 cm³/mol. The van der Waals surface area contributed by atoms with Crippen molar-refractivity contribution in [3.63, 3.8) is 0 Å². The third-order valence-corrected chi connectivity index (χ3v) is 3.75. The Morgan fingerprint density at radius 1 is 1.22 bits per heavy atom. The van der Waals surface area contributed by atoms with Gasteiger partial charge in [-0.05, 0) is 29.7 Å². The lowest BCUT2D eigenvalue weighted by Gasteiger charge is -2.04. The molecule has 18 heavy (non-hydrogen) atoms. The number of halogens is 2. The molecule has 0 bridgehead atoms. The highest BCUT2D eigenvalue weighted by Gasteiger charge is 2.06. The van der Waals surface area contributed by atoms with E-state index in [4.69, 9.17) is 23.2 Å². The number of hydrogen-bond acceptors (Lipinski definition) is 3. The number of rotatable bonds is 4. The number of hydrogen-bond donors (Lipinski definition) is 1. The van der Waals surface area contributed by atoms with Gasteiger partial charge in [-0.2, -0.15) is 0 Å². The van der Waals surface area contributed by atoms with E-state index >= 15 is 0 Å². The summed E-state index contributed by atoms with van der Waals surface area (Å²) in [5.41, 5.74) is 1.00. The second-order valence-electron chi connectivity index (χ2n) is 4.46. The van der Waals surface area contributed by atoms with Gasteiger partial charge in [0.2, 0.25) is 0 Å². The molecule has 0 saturated heterocycles. The Labute approximate surface area is 121 Å². The summed E-state index contributed by atoms with van der Waals surface area (Å²) < 4.78 is 0. The number of benzene rings is 1. The first-order valence-corrected chi connectivity index (χ1v) is 7.28. The van der Waals surface area contributed by atoms with Crippen molar-refractivity contribution in [3.05, 3.63) is 34.4 Å². The molecule has 2 aromatic rings. The van der Waals surface area contributed by atoms with Crippen LogP contribution in [0.25, 0.3) is 10.4 Å². The van der Waals surface area contributed by atoms with E-state index < -0.39 is 0 Å². The largest absolute Gasteiger partial charge is 0.361 e. The Hall–Kier alpha value is -0.770. The molecule has 0 radical (unpaired) electrons. The van der Waals surface area contributed by atoms with Gasteiger partial charge in [0.1, 0.15) is 0 Å². The molecule has 1 aromatic heterocycles. The lowest BCUT2D eigenvalue weighted by molar-refractivity contribution is 0.688. The molecule has 0 unspecified atom stereocenters. The van der Waals surface area contributed by atoms with Gasteiger partial charge in [-0.15, -0.1) is 0 Å². The molecule has 0 saturated carbocycles. The fourth-order valence-corrected chi connectivity index (χ4v) is 2.81. The Kier molecular flexibility index (Phi) is 4.49. The summed E-state index contributed by atoms with van der Waals surface area (Å²) in [7, 11) is 0. The smallest absolute Gasteiger partial charge is 0.183 e. The molecular weight excluding hydrogens is 287 g/mol. The predicted octanol–water partition coefficient (Wildman–Crippen LogP) is 5.18. The number of nitrogens with zero attached hydrogens (tertiary/aromatic N) is 1. The van der Waals surface area contributed by atoms with E-state index in [2.05, 4.69) is 24.1 Å². The number of anilines is 1. The van der Waals surface area contributed by atoms with E-state index in [0.29, 0.717) is 16.0 Å². The molecule has 0 aliphatic heterocycles. The van der Waals surface area contributed by atoms with E-state index in [9.17, 15) is 0 Å². The molecule has 0 aliphatic rings. The van der Waals surface area contributed by atoms with Gasteiger partial charge in [-0.3, -0.25) is 0 Å². The minimum absolute atomic E-state index is 0.595. The topological polar surface area (TPSA) is 24.9 Å². The third kappa shape index (κ3) is 3.61. The Balaban J connectivity index is 2.18. The first kappa shape index (κ1) is 13.7. The maximum atomic E-state index is 5.99. The summed E-state index contributed by atoms with van der Waals surface area (Å²) >= 11 is 13.6. The first-order chi connectivity index (χ1) is 8.54. The molecule has 0 amide bonds. The van der Waals surface area contributed by atoms with E-state index in [1.807, 2.05) is 18.3 Å². The van der Waals surface area contributed by atoms with Crippen molar-refractivity contribution in [2.45, 2.75) is 13.8 Å². The molecule has 0 spiro atoms. The Bertz CT molecular complexity index is 517. The summed E-state index contributed by atoms with van der Waals surface area (Å²) in [6.45, 7) is 5.25. The molecule has 1 heterocycles. The highest BCUT2D eigenvalue weighted by Crippen LogP contribution is 2.32. The Morgan fingerprint density at radius 2 is 1.89 bits per heavy atom. The normalized spacial score (nSPS) is 10.9. The summed E-state index contributed by atoms with van der Waals surface area (Å²) in [4.78, 5) is 5.41. The van der Waals surface area contributed by atoms with Crippen LogP contribution in [0.3, 0.4) is 0 Å². The van der Waals surface area contributed by atoms with Gasteiger partial charge in [-0.1, -0.05) is 48.4 Å². The Morgan fingerprint density at radius 3 is 2.50 bits per heavy atom. The van der Waals surface area contributed by atoms with Crippen LogP contribution in [-0.2, 0) is 0 Å². The van der Waals surface area contributed by atoms with Crippen LogP contribution in [0.1, 0.15) is 13.8 Å². The summed E-state index contributed by atoms with van der Waals surface area (Å²) in [6.07, 6.45) is 1.84. The van der Waals surface area contributed by atoms with Crippen molar-refractivity contribution in [3.8, 4) is 10.4 Å². The SMILES string of the molecule is CC(C)CNc1ncc(-c2cc(Cl)cc(Cl)c2)s1. The highest BCUT2D eigenvalue weighted by atomic mass is 35.5. The zero-order valence-corrected chi connectivity index (χ0v) is 12.5. The second kappa shape index (κ2) is 5.91. The molecule has 0 fully saturated rings. The zero-order valence-electron chi connectivity index (χ0n) is 10.2. The van der Waals surface area contributed by atoms with Crippen LogP contribution in [0, 0.1) is 5.92 Å². The van der Waals surface area contributed by atoms with Crippen molar-refractivity contribution >= 4 is 39.7 Å². The maximum absolute atomic E-state index is 5.99. The molecule has 2 nitrogen and oxygen atoms in total. The second-order valence-corrected chi connectivity index (χ2v) is 6.37. The molecule has 1 aromatic carbocycles. The van der Waals surface area contributed by atoms with Gasteiger partial charge >= 0.3 is 0 Å². The monoisotopic (exact) mass is 300 g/mol. The molecular formula is C13H14Cl2N2S. The molecule has 1 N–H and O–H groups in total. The van der Waals surface area contributed by atoms with Gasteiger partial charge in [0, 0.05) is 22.8 Å². The van der Waals surface area contributed by atoms with E-state index in [0.717, 1.165) is 22.1 Å². The standard InChI is InChI=1S/C13H14Cl2N2S/c1-8(2)6-16-13-17-7-12(18-13)9-3-10(14)5-11(15)4-9/h3-5,7-8H,6H2,1-2H3,(H,16,17). The third-order valence-electron chi connectivity index (χ3n) is 2.31.